The van der Waals surface area contributed by atoms with Gasteiger partial charge in [0.05, 0.1) is 0 Å². The molecule has 2 unspecified atom stereocenters. The van der Waals surface area contributed by atoms with E-state index in [1.807, 2.05) is 6.92 Å². The fourth-order valence-electron chi connectivity index (χ4n) is 0.916. The van der Waals surface area contributed by atoms with Crippen LogP contribution in [0.3, 0.4) is 0 Å². The molecule has 0 bridgehead atoms. The van der Waals surface area contributed by atoms with Crippen LogP contribution >= 0.6 is 0 Å². The van der Waals surface area contributed by atoms with Crippen molar-refractivity contribution in [2.45, 2.75) is 45.3 Å². The lowest BCUT2D eigenvalue weighted by molar-refractivity contribution is 0.156. The maximum absolute atomic E-state index is 8.21. The van der Waals surface area contributed by atoms with Crippen molar-refractivity contribution < 1.29 is 18.7 Å². The van der Waals surface area contributed by atoms with Crippen molar-refractivity contribution in [1.82, 2.24) is 0 Å². The van der Waals surface area contributed by atoms with Crippen molar-refractivity contribution in [3.05, 3.63) is 0 Å². The Morgan fingerprint density at radius 1 is 1.36 bits per heavy atom. The normalized spacial score (nSPS) is 25.3. The van der Waals surface area contributed by atoms with Gasteiger partial charge in [-0.2, -0.15) is 0 Å². The van der Waals surface area contributed by atoms with Crippen LogP contribution in [0.1, 0.15) is 20.3 Å². The summed E-state index contributed by atoms with van der Waals surface area (Å²) >= 11 is 0. The predicted octanol–water partition coefficient (Wildman–Crippen LogP) is 1.48. The molecule has 1 fully saturated rings. The number of rotatable bonds is 4. The molecule has 1 saturated heterocycles. The van der Waals surface area contributed by atoms with E-state index in [4.69, 9.17) is 14.0 Å². The van der Waals surface area contributed by atoms with Gasteiger partial charge < -0.3 is 18.7 Å². The van der Waals surface area contributed by atoms with Gasteiger partial charge >= 0.3 is 8.56 Å². The average molecular weight is 222 g/mol. The highest BCUT2D eigenvalue weighted by Gasteiger charge is 2.30. The van der Waals surface area contributed by atoms with Gasteiger partial charge in [-0.05, 0) is 19.5 Å². The first kappa shape index (κ1) is 14.1. The summed E-state index contributed by atoms with van der Waals surface area (Å²) in [4.78, 5) is 0. The Morgan fingerprint density at radius 2 is 1.71 bits per heavy atom. The van der Waals surface area contributed by atoms with E-state index in [9.17, 15) is 0 Å². The third-order valence-corrected chi connectivity index (χ3v) is 5.38. The average Bonchev–Trinajstić information content (AvgIpc) is 2.81. The molecule has 5 heteroatoms. The molecule has 1 aliphatic rings. The van der Waals surface area contributed by atoms with Gasteiger partial charge in [0.25, 0.3) is 0 Å². The number of aliphatic hydroxyl groups is 1. The Bertz CT molecular complexity index is 144. The molecule has 0 aromatic carbocycles. The zero-order valence-corrected chi connectivity index (χ0v) is 10.7. The van der Waals surface area contributed by atoms with Gasteiger partial charge in [-0.1, -0.05) is 13.3 Å². The molecular weight excluding hydrogens is 200 g/mol. The summed E-state index contributed by atoms with van der Waals surface area (Å²) in [5.74, 6) is 0. The Morgan fingerprint density at radius 3 is 1.79 bits per heavy atom. The lowest BCUT2D eigenvalue weighted by Gasteiger charge is -2.21. The molecule has 0 amide bonds. The van der Waals surface area contributed by atoms with E-state index in [1.165, 1.54) is 0 Å². The van der Waals surface area contributed by atoms with Gasteiger partial charge in [-0.3, -0.25) is 0 Å². The minimum atomic E-state index is -1.70. The smallest absolute Gasteiger partial charge is 0.334 e. The molecule has 2 atom stereocenters. The molecule has 1 N–H and O–H groups in total. The summed E-state index contributed by atoms with van der Waals surface area (Å²) in [5.41, 5.74) is 0. The second-order valence-electron chi connectivity index (χ2n) is 3.52. The maximum Gasteiger partial charge on any atom is 0.334 e. The summed E-state index contributed by atoms with van der Waals surface area (Å²) in [6.45, 7) is 6.05. The zero-order valence-electron chi connectivity index (χ0n) is 9.74. The van der Waals surface area contributed by atoms with Gasteiger partial charge in [0, 0.05) is 14.2 Å². The first-order chi connectivity index (χ1) is 6.49. The van der Waals surface area contributed by atoms with Gasteiger partial charge in [-0.15, -0.1) is 0 Å². The van der Waals surface area contributed by atoms with Gasteiger partial charge in [-0.25, -0.2) is 0 Å². The van der Waals surface area contributed by atoms with Crippen molar-refractivity contribution in [2.75, 3.05) is 14.2 Å². The van der Waals surface area contributed by atoms with Crippen LogP contribution in [-0.2, 0) is 13.6 Å². The first-order valence-corrected chi connectivity index (χ1v) is 7.45. The molecule has 1 heterocycles. The van der Waals surface area contributed by atoms with E-state index in [0.29, 0.717) is 0 Å². The van der Waals surface area contributed by atoms with Gasteiger partial charge in [0.2, 0.25) is 0 Å². The molecule has 0 saturated carbocycles. The first-order valence-electron chi connectivity index (χ1n) is 4.93. The lowest BCUT2D eigenvalue weighted by atomic mass is 10.5. The molecule has 0 radical (unpaired) electrons. The van der Waals surface area contributed by atoms with Crippen LogP contribution in [0.2, 0.25) is 12.6 Å². The Labute approximate surface area is 87.4 Å². The molecule has 14 heavy (non-hydrogen) atoms. The maximum atomic E-state index is 8.21. The third kappa shape index (κ3) is 5.72. The van der Waals surface area contributed by atoms with Crippen LogP contribution in [0.4, 0.5) is 0 Å². The number of epoxide rings is 1. The van der Waals surface area contributed by atoms with Crippen molar-refractivity contribution >= 4 is 8.56 Å². The largest absolute Gasteiger partial charge is 0.398 e. The van der Waals surface area contributed by atoms with Crippen LogP contribution < -0.4 is 0 Å². The van der Waals surface area contributed by atoms with E-state index in [-0.39, 0.29) is 6.10 Å². The zero-order chi connectivity index (χ0) is 11.2. The molecule has 0 spiro atoms. The number of aliphatic hydroxyl groups excluding tert-OH is 1. The molecule has 0 aliphatic carbocycles. The van der Waals surface area contributed by atoms with E-state index in [0.717, 1.165) is 12.5 Å². The van der Waals surface area contributed by atoms with Crippen molar-refractivity contribution in [1.29, 1.82) is 0 Å². The van der Waals surface area contributed by atoms with E-state index in [1.54, 1.807) is 14.2 Å². The highest BCUT2D eigenvalue weighted by atomic mass is 28.4. The van der Waals surface area contributed by atoms with Crippen LogP contribution in [0.25, 0.3) is 0 Å². The van der Waals surface area contributed by atoms with E-state index < -0.39 is 14.9 Å². The van der Waals surface area contributed by atoms with E-state index in [2.05, 4.69) is 18.2 Å². The summed E-state index contributed by atoms with van der Waals surface area (Å²) in [7, 11) is 1.76. The second-order valence-corrected chi connectivity index (χ2v) is 7.11. The van der Waals surface area contributed by atoms with Crippen molar-refractivity contribution in [3.8, 4) is 0 Å². The quantitative estimate of drug-likeness (QED) is 0.578. The molecule has 4 nitrogen and oxygen atoms in total. The van der Waals surface area contributed by atoms with Crippen LogP contribution in [0, 0.1) is 0 Å². The highest BCUT2D eigenvalue weighted by molar-refractivity contribution is 6.65. The highest BCUT2D eigenvalue weighted by Crippen LogP contribution is 2.15. The van der Waals surface area contributed by atoms with Crippen LogP contribution in [-0.4, -0.2) is 40.3 Å². The number of ether oxygens (including phenoxy) is 1. The predicted molar refractivity (Wildman–Crippen MR) is 57.3 cm³/mol. The Balaban J connectivity index is 0.000000280. The van der Waals surface area contributed by atoms with Crippen molar-refractivity contribution in [2.24, 2.45) is 0 Å². The Kier molecular flexibility index (Phi) is 6.55. The standard InChI is InChI=1S/C6H16O2Si.C3H6O2/c1-5-6-9(4,7-2)8-3;1-2-3(4)5-2/h5-6H2,1-4H3;2-4H,1H3. The number of hydrogen-bond acceptors (Lipinski definition) is 4. The minimum Gasteiger partial charge on any atom is -0.398 e. The topological polar surface area (TPSA) is 51.2 Å². The number of hydrogen-bond donors (Lipinski definition) is 1. The van der Waals surface area contributed by atoms with Gasteiger partial charge in [0.1, 0.15) is 6.10 Å². The van der Waals surface area contributed by atoms with Crippen LogP contribution in [0.15, 0.2) is 0 Å². The second kappa shape index (κ2) is 6.52. The molecule has 0 aromatic rings. The monoisotopic (exact) mass is 222 g/mol. The third-order valence-electron chi connectivity index (χ3n) is 2.25. The molecular formula is C9H22O4Si. The Hall–Kier alpha value is 0.0569. The van der Waals surface area contributed by atoms with Crippen molar-refractivity contribution in [3.63, 3.8) is 0 Å². The molecule has 1 rings (SSSR count). The fourth-order valence-corrected chi connectivity index (χ4v) is 2.40. The van der Waals surface area contributed by atoms with Gasteiger partial charge in [0.15, 0.2) is 6.29 Å². The summed E-state index contributed by atoms with van der Waals surface area (Å²) in [6, 6.07) is 1.08. The summed E-state index contributed by atoms with van der Waals surface area (Å²) in [5, 5.41) is 8.21. The fraction of sp³-hybridized carbons (Fsp3) is 1.00. The summed E-state index contributed by atoms with van der Waals surface area (Å²) in [6.07, 6.45) is 0.801. The summed E-state index contributed by atoms with van der Waals surface area (Å²) < 4.78 is 15.0. The molecule has 1 aliphatic heterocycles. The van der Waals surface area contributed by atoms with E-state index >= 15 is 0 Å². The molecule has 0 aromatic heterocycles. The van der Waals surface area contributed by atoms with Crippen LogP contribution in [0.5, 0.6) is 0 Å². The molecule has 86 valence electrons. The SMILES string of the molecule is CC1OC1O.CCC[Si](C)(OC)OC. The minimum absolute atomic E-state index is 0.106. The lowest BCUT2D eigenvalue weighted by Crippen LogP contribution is -2.35.